The van der Waals surface area contributed by atoms with Gasteiger partial charge in [-0.25, -0.2) is 0 Å². The zero-order chi connectivity index (χ0) is 8.97. The van der Waals surface area contributed by atoms with Crippen LogP contribution in [-0.4, -0.2) is 33.3 Å². The van der Waals surface area contributed by atoms with Gasteiger partial charge in [0, 0.05) is 0 Å². The van der Waals surface area contributed by atoms with Crippen molar-refractivity contribution in [2.24, 2.45) is 0 Å². The molecule has 0 aliphatic rings. The van der Waals surface area contributed by atoms with Crippen LogP contribution in [0.4, 0.5) is 0 Å². The van der Waals surface area contributed by atoms with Crippen molar-refractivity contribution >= 4 is 17.9 Å². The maximum absolute atomic E-state index is 10.9. The molecule has 1 heterocycles. The summed E-state index contributed by atoms with van der Waals surface area (Å²) in [7, 11) is 0. The van der Waals surface area contributed by atoms with Crippen molar-refractivity contribution < 1.29 is 45.4 Å². The van der Waals surface area contributed by atoms with Crippen molar-refractivity contribution in [1.29, 1.82) is 0 Å². The monoisotopic (exact) mass is 189 g/mol. The fourth-order valence-corrected chi connectivity index (χ4v) is 0.542. The number of ketones is 2. The Labute approximate surface area is 96.5 Å². The van der Waals surface area contributed by atoms with Crippen LogP contribution in [0.15, 0.2) is 12.3 Å². The van der Waals surface area contributed by atoms with Gasteiger partial charge in [-0.1, -0.05) is 0 Å². The van der Waals surface area contributed by atoms with E-state index in [0.717, 1.165) is 0 Å². The smallest absolute Gasteiger partial charge is 1.00 e. The van der Waals surface area contributed by atoms with E-state index in [1.54, 1.807) is 0 Å². The largest absolute Gasteiger partial charge is 1.00 e. The molecule has 0 N–H and O–H groups in total. The summed E-state index contributed by atoms with van der Waals surface area (Å²) in [6.45, 7) is 0. The molecule has 1 aromatic heterocycles. The first kappa shape index (κ1) is 12.0. The molecular weight excluding hydrogens is 185 g/mol. The predicted molar refractivity (Wildman–Crippen MR) is 36.3 cm³/mol. The molecule has 0 bridgehead atoms. The molecule has 0 radical (unpaired) electrons. The average molecular weight is 189 g/mol. The van der Waals surface area contributed by atoms with Gasteiger partial charge in [0.15, 0.2) is 6.29 Å². The van der Waals surface area contributed by atoms with Crippen LogP contribution in [0.3, 0.4) is 0 Å². The summed E-state index contributed by atoms with van der Waals surface area (Å²) in [4.78, 5) is 31.3. The van der Waals surface area contributed by atoms with Crippen LogP contribution in [0.1, 0.15) is 11.9 Å². The van der Waals surface area contributed by atoms with E-state index in [-0.39, 0.29) is 43.0 Å². The van der Waals surface area contributed by atoms with Gasteiger partial charge in [-0.3, -0.25) is 14.4 Å². The number of hydrogen-bond acceptors (Lipinski definition) is 6. The molecule has 0 unspecified atom stereocenters. The average Bonchev–Trinajstić information content (AvgIpc) is 2.17. The second-order valence-corrected chi connectivity index (χ2v) is 1.82. The summed E-state index contributed by atoms with van der Waals surface area (Å²) in [5.74, 6) is -2.12. The molecule has 0 aliphatic heterocycles. The molecule has 0 spiro atoms. The van der Waals surface area contributed by atoms with Crippen molar-refractivity contribution in [2.45, 2.75) is 0 Å². The minimum Gasteiger partial charge on any atom is -1.00 e. The van der Waals surface area contributed by atoms with E-state index >= 15 is 0 Å². The van der Waals surface area contributed by atoms with Crippen molar-refractivity contribution in [2.75, 3.05) is 0 Å². The SMILES string of the molecule is O=CC(=O)C(=O)c1ccnnn1.[H-].[Na+]. The van der Waals surface area contributed by atoms with Crippen molar-refractivity contribution in [3.63, 3.8) is 0 Å². The first-order valence-electron chi connectivity index (χ1n) is 2.94. The molecule has 0 atom stereocenters. The van der Waals surface area contributed by atoms with E-state index < -0.39 is 11.6 Å². The van der Waals surface area contributed by atoms with E-state index in [1.807, 2.05) is 0 Å². The van der Waals surface area contributed by atoms with Gasteiger partial charge >= 0.3 is 29.6 Å². The van der Waals surface area contributed by atoms with E-state index in [9.17, 15) is 14.4 Å². The maximum atomic E-state index is 10.9. The molecule has 0 aliphatic carbocycles. The van der Waals surface area contributed by atoms with Gasteiger partial charge in [0.2, 0.25) is 0 Å². The Balaban J connectivity index is 0. The van der Waals surface area contributed by atoms with Gasteiger partial charge in [-0.2, -0.15) is 0 Å². The van der Waals surface area contributed by atoms with Gasteiger partial charge in [-0.15, -0.1) is 10.2 Å². The number of hydrogen-bond donors (Lipinski definition) is 0. The number of aromatic nitrogens is 3. The van der Waals surface area contributed by atoms with E-state index in [2.05, 4.69) is 15.4 Å². The van der Waals surface area contributed by atoms with Crippen LogP contribution in [0.5, 0.6) is 0 Å². The third kappa shape index (κ3) is 3.10. The van der Waals surface area contributed by atoms with Crippen LogP contribution in [-0.2, 0) is 9.59 Å². The molecular formula is C6H4N3NaO3. The van der Waals surface area contributed by atoms with Crippen LogP contribution < -0.4 is 29.6 Å². The van der Waals surface area contributed by atoms with Gasteiger partial charge in [-0.05, 0) is 11.3 Å². The van der Waals surface area contributed by atoms with Gasteiger partial charge < -0.3 is 1.43 Å². The summed E-state index contributed by atoms with van der Waals surface area (Å²) in [5, 5.41) is 9.69. The Morgan fingerprint density at radius 1 is 1.46 bits per heavy atom. The van der Waals surface area contributed by atoms with E-state index in [4.69, 9.17) is 0 Å². The predicted octanol–water partition coefficient (Wildman–Crippen LogP) is -4.06. The van der Waals surface area contributed by atoms with E-state index in [0.29, 0.717) is 0 Å². The number of Topliss-reactive ketones (excluding diaryl/α,β-unsaturated/α-hetero) is 2. The Morgan fingerprint density at radius 3 is 2.62 bits per heavy atom. The Morgan fingerprint density at radius 2 is 2.15 bits per heavy atom. The van der Waals surface area contributed by atoms with Crippen molar-refractivity contribution in [1.82, 2.24) is 15.4 Å². The summed E-state index contributed by atoms with van der Waals surface area (Å²) >= 11 is 0. The van der Waals surface area contributed by atoms with Gasteiger partial charge in [0.25, 0.3) is 11.6 Å². The molecule has 0 aromatic carbocycles. The summed E-state index contributed by atoms with van der Waals surface area (Å²) in [6, 6.07) is 1.21. The van der Waals surface area contributed by atoms with Crippen LogP contribution >= 0.6 is 0 Å². The van der Waals surface area contributed by atoms with Gasteiger partial charge in [0.1, 0.15) is 5.69 Å². The molecule has 62 valence electrons. The normalized spacial score (nSPS) is 8.31. The summed E-state index contributed by atoms with van der Waals surface area (Å²) < 4.78 is 0. The zero-order valence-corrected chi connectivity index (χ0v) is 8.80. The maximum Gasteiger partial charge on any atom is 1.00 e. The second kappa shape index (κ2) is 5.63. The number of nitrogens with zero attached hydrogens (tertiary/aromatic N) is 3. The molecule has 1 rings (SSSR count). The third-order valence-corrected chi connectivity index (χ3v) is 1.07. The molecule has 0 saturated heterocycles. The number of carbonyl (C=O) groups is 3. The fraction of sp³-hybridized carbons (Fsp3) is 0. The van der Waals surface area contributed by atoms with Crippen LogP contribution in [0, 0.1) is 0 Å². The second-order valence-electron chi connectivity index (χ2n) is 1.82. The quantitative estimate of drug-likeness (QED) is 0.158. The van der Waals surface area contributed by atoms with Crippen LogP contribution in [0.25, 0.3) is 0 Å². The molecule has 0 amide bonds. The number of aldehydes is 1. The molecule has 0 saturated carbocycles. The fourth-order valence-electron chi connectivity index (χ4n) is 0.542. The molecule has 0 fully saturated rings. The Bertz CT molecular complexity index is 332. The zero-order valence-electron chi connectivity index (χ0n) is 7.80. The molecule has 13 heavy (non-hydrogen) atoms. The van der Waals surface area contributed by atoms with Crippen molar-refractivity contribution in [3.05, 3.63) is 18.0 Å². The molecule has 7 heteroatoms. The topological polar surface area (TPSA) is 89.9 Å². The Kier molecular flexibility index (Phi) is 5.20. The first-order valence-corrected chi connectivity index (χ1v) is 2.94. The molecule has 6 nitrogen and oxygen atoms in total. The third-order valence-electron chi connectivity index (χ3n) is 1.07. The first-order chi connectivity index (χ1) is 5.75. The van der Waals surface area contributed by atoms with E-state index in [1.165, 1.54) is 12.3 Å². The molecule has 1 aromatic rings. The summed E-state index contributed by atoms with van der Waals surface area (Å²) in [6.07, 6.45) is 1.14. The van der Waals surface area contributed by atoms with Crippen LogP contribution in [0.2, 0.25) is 0 Å². The van der Waals surface area contributed by atoms with Gasteiger partial charge in [0.05, 0.1) is 6.20 Å². The standard InChI is InChI=1S/C6H3N3O3.Na.H/c10-3-5(11)6(12)4-1-2-7-9-8-4;;/h1-3H;;/q;+1;-1. The number of rotatable bonds is 3. The Hall–Kier alpha value is -0.980. The number of carbonyl (C=O) groups excluding carboxylic acids is 3. The summed E-state index contributed by atoms with van der Waals surface area (Å²) in [5.41, 5.74) is -0.179. The minimum absolute atomic E-state index is 0. The van der Waals surface area contributed by atoms with Crippen molar-refractivity contribution in [3.8, 4) is 0 Å². The minimum atomic E-state index is -1.14.